The molecule has 2 aromatic carbocycles. The minimum atomic E-state index is -1.25. The lowest BCUT2D eigenvalue weighted by molar-refractivity contribution is -0.130. The SMILES string of the molecule is CC1NC2(C(=O)Nc3ccccc32)C2C(=O)N(c3ccccc3Cl)C(=O)C12. The maximum absolute atomic E-state index is 13.4. The maximum Gasteiger partial charge on any atom is 0.250 e. The number of nitrogens with one attached hydrogen (secondary N) is 2. The molecule has 2 saturated heterocycles. The first-order valence-electron chi connectivity index (χ1n) is 8.78. The zero-order chi connectivity index (χ0) is 18.9. The number of nitrogens with zero attached hydrogens (tertiary/aromatic N) is 1. The van der Waals surface area contributed by atoms with Gasteiger partial charge in [-0.25, -0.2) is 4.90 Å². The third-order valence-corrected chi connectivity index (χ3v) is 6.18. The fraction of sp³-hybridized carbons (Fsp3) is 0.250. The Hall–Kier alpha value is -2.70. The van der Waals surface area contributed by atoms with Gasteiger partial charge in [0, 0.05) is 17.3 Å². The summed E-state index contributed by atoms with van der Waals surface area (Å²) in [5.74, 6) is -2.48. The van der Waals surface area contributed by atoms with Crippen LogP contribution in [-0.4, -0.2) is 23.8 Å². The lowest BCUT2D eigenvalue weighted by Crippen LogP contribution is -2.53. The van der Waals surface area contributed by atoms with E-state index in [-0.39, 0.29) is 17.9 Å². The third kappa shape index (κ3) is 1.91. The number of anilines is 2. The minimum Gasteiger partial charge on any atom is -0.324 e. The molecule has 136 valence electrons. The second-order valence-corrected chi connectivity index (χ2v) is 7.61. The van der Waals surface area contributed by atoms with Gasteiger partial charge in [-0.3, -0.25) is 19.7 Å². The molecular weight excluding hydrogens is 366 g/mol. The Morgan fingerprint density at radius 3 is 2.48 bits per heavy atom. The molecule has 3 heterocycles. The normalized spacial score (nSPS) is 31.4. The molecule has 0 aliphatic carbocycles. The Kier molecular flexibility index (Phi) is 3.30. The number of imide groups is 1. The molecular formula is C20H16ClN3O3. The highest BCUT2D eigenvalue weighted by atomic mass is 35.5. The molecule has 0 radical (unpaired) electrons. The topological polar surface area (TPSA) is 78.5 Å². The van der Waals surface area contributed by atoms with E-state index >= 15 is 0 Å². The lowest BCUT2D eigenvalue weighted by Gasteiger charge is -2.29. The molecule has 2 aromatic rings. The van der Waals surface area contributed by atoms with E-state index in [2.05, 4.69) is 10.6 Å². The molecule has 4 unspecified atom stereocenters. The van der Waals surface area contributed by atoms with Crippen molar-refractivity contribution in [1.82, 2.24) is 5.32 Å². The molecule has 3 aliphatic rings. The van der Waals surface area contributed by atoms with E-state index in [1.165, 1.54) is 0 Å². The highest BCUT2D eigenvalue weighted by Gasteiger charge is 2.69. The van der Waals surface area contributed by atoms with Crippen LogP contribution in [-0.2, 0) is 19.9 Å². The average molecular weight is 382 g/mol. The molecule has 0 aromatic heterocycles. The van der Waals surface area contributed by atoms with Crippen molar-refractivity contribution in [3.05, 3.63) is 59.1 Å². The van der Waals surface area contributed by atoms with Crippen molar-refractivity contribution < 1.29 is 14.4 Å². The summed E-state index contributed by atoms with van der Waals surface area (Å²) in [7, 11) is 0. The van der Waals surface area contributed by atoms with Crippen LogP contribution in [0, 0.1) is 11.8 Å². The highest BCUT2D eigenvalue weighted by Crippen LogP contribution is 2.53. The van der Waals surface area contributed by atoms with Crippen molar-refractivity contribution in [3.8, 4) is 0 Å². The van der Waals surface area contributed by atoms with E-state index in [0.29, 0.717) is 22.0 Å². The molecule has 2 N–H and O–H groups in total. The Labute approximate surface area is 160 Å². The molecule has 1 spiro atoms. The van der Waals surface area contributed by atoms with Gasteiger partial charge < -0.3 is 5.32 Å². The average Bonchev–Trinajstić information content (AvgIpc) is 3.21. The Morgan fingerprint density at radius 1 is 1.00 bits per heavy atom. The van der Waals surface area contributed by atoms with Crippen molar-refractivity contribution in [1.29, 1.82) is 0 Å². The molecule has 5 rings (SSSR count). The Morgan fingerprint density at radius 2 is 1.70 bits per heavy atom. The standard InChI is InChI=1S/C20H16ClN3O3/c1-10-15-16(18(26)24(17(15)25)14-9-5-3-7-12(14)21)20(23-10)11-6-2-4-8-13(11)22-19(20)27/h2-10,15-16,23H,1H3,(H,22,27). The molecule has 0 saturated carbocycles. The van der Waals surface area contributed by atoms with Crippen molar-refractivity contribution in [3.63, 3.8) is 0 Å². The number of benzene rings is 2. The van der Waals surface area contributed by atoms with Gasteiger partial charge in [-0.15, -0.1) is 0 Å². The van der Waals surface area contributed by atoms with Crippen LogP contribution < -0.4 is 15.5 Å². The predicted molar refractivity (Wildman–Crippen MR) is 100 cm³/mol. The smallest absolute Gasteiger partial charge is 0.250 e. The quantitative estimate of drug-likeness (QED) is 0.743. The van der Waals surface area contributed by atoms with Crippen LogP contribution in [0.5, 0.6) is 0 Å². The van der Waals surface area contributed by atoms with Crippen LogP contribution in [0.2, 0.25) is 5.02 Å². The molecule has 3 amide bonds. The van der Waals surface area contributed by atoms with Gasteiger partial charge in [-0.2, -0.15) is 0 Å². The van der Waals surface area contributed by atoms with Crippen molar-refractivity contribution in [2.75, 3.05) is 10.2 Å². The zero-order valence-corrected chi connectivity index (χ0v) is 15.2. The summed E-state index contributed by atoms with van der Waals surface area (Å²) in [5, 5.41) is 6.45. The van der Waals surface area contributed by atoms with Crippen LogP contribution in [0.4, 0.5) is 11.4 Å². The predicted octanol–water partition coefficient (Wildman–Crippen LogP) is 2.28. The Balaban J connectivity index is 1.69. The first-order valence-corrected chi connectivity index (χ1v) is 9.15. The number of halogens is 1. The molecule has 4 atom stereocenters. The fourth-order valence-electron chi connectivity index (χ4n) is 4.79. The van der Waals surface area contributed by atoms with Gasteiger partial charge in [0.05, 0.1) is 22.5 Å². The summed E-state index contributed by atoms with van der Waals surface area (Å²) < 4.78 is 0. The van der Waals surface area contributed by atoms with Gasteiger partial charge in [-0.05, 0) is 25.1 Å². The van der Waals surface area contributed by atoms with Gasteiger partial charge in [-0.1, -0.05) is 41.9 Å². The van der Waals surface area contributed by atoms with Crippen LogP contribution in [0.15, 0.2) is 48.5 Å². The molecule has 7 heteroatoms. The molecule has 0 bridgehead atoms. The summed E-state index contributed by atoms with van der Waals surface area (Å²) in [6.07, 6.45) is 0. The molecule has 6 nitrogen and oxygen atoms in total. The second kappa shape index (κ2) is 5.41. The first-order chi connectivity index (χ1) is 13.0. The largest absolute Gasteiger partial charge is 0.324 e. The molecule has 3 aliphatic heterocycles. The number of carbonyl (C=O) groups excluding carboxylic acids is 3. The number of amides is 3. The van der Waals surface area contributed by atoms with Crippen LogP contribution in [0.3, 0.4) is 0 Å². The summed E-state index contributed by atoms with van der Waals surface area (Å²) >= 11 is 6.25. The first kappa shape index (κ1) is 16.5. The number of hydrogen-bond acceptors (Lipinski definition) is 4. The summed E-state index contributed by atoms with van der Waals surface area (Å²) in [4.78, 5) is 40.8. The molecule has 2 fully saturated rings. The van der Waals surface area contributed by atoms with Crippen LogP contribution >= 0.6 is 11.6 Å². The number of hydrogen-bond donors (Lipinski definition) is 2. The van der Waals surface area contributed by atoms with Gasteiger partial charge in [0.25, 0.3) is 0 Å². The summed E-state index contributed by atoms with van der Waals surface area (Å²) in [6, 6.07) is 13.7. The Bertz CT molecular complexity index is 1020. The third-order valence-electron chi connectivity index (χ3n) is 5.86. The zero-order valence-electron chi connectivity index (χ0n) is 14.4. The van der Waals surface area contributed by atoms with E-state index in [1.807, 2.05) is 25.1 Å². The van der Waals surface area contributed by atoms with E-state index in [9.17, 15) is 14.4 Å². The van der Waals surface area contributed by atoms with Crippen molar-refractivity contribution in [2.45, 2.75) is 18.5 Å². The van der Waals surface area contributed by atoms with Gasteiger partial charge >= 0.3 is 0 Å². The molecule has 27 heavy (non-hydrogen) atoms. The van der Waals surface area contributed by atoms with Gasteiger partial charge in [0.15, 0.2) is 0 Å². The number of para-hydroxylation sites is 2. The maximum atomic E-state index is 13.4. The summed E-state index contributed by atoms with van der Waals surface area (Å²) in [6.45, 7) is 1.84. The number of fused-ring (bicyclic) bond motifs is 4. The van der Waals surface area contributed by atoms with E-state index in [0.717, 1.165) is 4.90 Å². The van der Waals surface area contributed by atoms with Crippen LogP contribution in [0.1, 0.15) is 12.5 Å². The number of rotatable bonds is 1. The summed E-state index contributed by atoms with van der Waals surface area (Å²) in [5.41, 5.74) is 0.483. The minimum absolute atomic E-state index is 0.301. The van der Waals surface area contributed by atoms with Gasteiger partial charge in [0.1, 0.15) is 5.54 Å². The van der Waals surface area contributed by atoms with E-state index in [4.69, 9.17) is 11.6 Å². The lowest BCUT2D eigenvalue weighted by atomic mass is 9.76. The van der Waals surface area contributed by atoms with E-state index in [1.54, 1.807) is 30.3 Å². The fourth-order valence-corrected chi connectivity index (χ4v) is 5.01. The highest BCUT2D eigenvalue weighted by molar-refractivity contribution is 6.36. The van der Waals surface area contributed by atoms with Crippen LogP contribution in [0.25, 0.3) is 0 Å². The number of carbonyl (C=O) groups is 3. The van der Waals surface area contributed by atoms with Crippen molar-refractivity contribution >= 4 is 40.7 Å². The van der Waals surface area contributed by atoms with Crippen molar-refractivity contribution in [2.24, 2.45) is 11.8 Å². The van der Waals surface area contributed by atoms with Gasteiger partial charge in [0.2, 0.25) is 17.7 Å². The van der Waals surface area contributed by atoms with E-state index < -0.39 is 23.3 Å². The monoisotopic (exact) mass is 381 g/mol. The second-order valence-electron chi connectivity index (χ2n) is 7.21.